The molecule has 0 N–H and O–H groups in total. The molecule has 0 bridgehead atoms. The Hall–Kier alpha value is -3.34. The molecular weight excluding hydrogens is 404 g/mol. The van der Waals surface area contributed by atoms with Crippen LogP contribution in [0.25, 0.3) is 0 Å². The van der Waals surface area contributed by atoms with Gasteiger partial charge in [-0.3, -0.25) is 19.2 Å². The Bertz CT molecular complexity index is 1070. The van der Waals surface area contributed by atoms with Crippen LogP contribution in [0.4, 0.5) is 11.4 Å². The number of rotatable bonds is 7. The minimum atomic E-state index is -4.34. The number of sulfonamides is 1. The summed E-state index contributed by atoms with van der Waals surface area (Å²) in [6, 6.07) is 7.92. The molecule has 0 atom stereocenters. The summed E-state index contributed by atoms with van der Waals surface area (Å²) < 4.78 is 43.0. The quantitative estimate of drug-likeness (QED) is 0.378. The highest BCUT2D eigenvalue weighted by atomic mass is 32.2. The van der Waals surface area contributed by atoms with Crippen molar-refractivity contribution in [3.8, 4) is 11.5 Å². The molecule has 0 spiro atoms. The van der Waals surface area contributed by atoms with E-state index in [0.29, 0.717) is 17.1 Å². The summed E-state index contributed by atoms with van der Waals surface area (Å²) in [7, 11) is -4.34. The van der Waals surface area contributed by atoms with Crippen molar-refractivity contribution in [3.05, 3.63) is 52.1 Å². The monoisotopic (exact) mass is 422 g/mol. The van der Waals surface area contributed by atoms with E-state index in [0.717, 1.165) is 10.4 Å². The van der Waals surface area contributed by atoms with Crippen LogP contribution in [0.15, 0.2) is 41.3 Å². The largest absolute Gasteiger partial charge is 0.465 e. The molecule has 2 aromatic carbocycles. The SMILES string of the molecule is CCOC(=O)CN(c1ccc2c(c1)OCO2)S(=O)(=O)c1cc([N+](=O)[O-])ccc1C. The van der Waals surface area contributed by atoms with Crippen molar-refractivity contribution in [2.24, 2.45) is 0 Å². The zero-order chi connectivity index (χ0) is 21.2. The number of carbonyl (C=O) groups excluding carboxylic acids is 1. The maximum atomic E-state index is 13.4. The van der Waals surface area contributed by atoms with Gasteiger partial charge < -0.3 is 14.2 Å². The first kappa shape index (κ1) is 20.4. The average Bonchev–Trinajstić information content (AvgIpc) is 3.14. The molecule has 0 saturated heterocycles. The van der Waals surface area contributed by atoms with Gasteiger partial charge in [0.2, 0.25) is 6.79 Å². The normalized spacial score (nSPS) is 12.5. The lowest BCUT2D eigenvalue weighted by Gasteiger charge is -2.24. The van der Waals surface area contributed by atoms with Gasteiger partial charge in [0.15, 0.2) is 11.5 Å². The molecule has 154 valence electrons. The van der Waals surface area contributed by atoms with Crippen molar-refractivity contribution in [1.29, 1.82) is 0 Å². The molecule has 0 radical (unpaired) electrons. The zero-order valence-corrected chi connectivity index (χ0v) is 16.5. The number of aryl methyl sites for hydroxylation is 1. The van der Waals surface area contributed by atoms with E-state index < -0.39 is 27.5 Å². The highest BCUT2D eigenvalue weighted by Crippen LogP contribution is 2.37. The third-order valence-corrected chi connectivity index (χ3v) is 6.09. The van der Waals surface area contributed by atoms with Crippen LogP contribution in [0.5, 0.6) is 11.5 Å². The van der Waals surface area contributed by atoms with E-state index in [1.165, 1.54) is 37.3 Å². The highest BCUT2D eigenvalue weighted by Gasteiger charge is 2.31. The van der Waals surface area contributed by atoms with Crippen molar-refractivity contribution in [3.63, 3.8) is 0 Å². The highest BCUT2D eigenvalue weighted by molar-refractivity contribution is 7.93. The Morgan fingerprint density at radius 2 is 1.93 bits per heavy atom. The van der Waals surface area contributed by atoms with Gasteiger partial charge in [-0.1, -0.05) is 6.07 Å². The summed E-state index contributed by atoms with van der Waals surface area (Å²) in [6.45, 7) is 2.57. The Morgan fingerprint density at radius 3 is 2.62 bits per heavy atom. The second-order valence-electron chi connectivity index (χ2n) is 6.06. The number of non-ortho nitro benzene ring substituents is 1. The van der Waals surface area contributed by atoms with Crippen LogP contribution in [-0.2, 0) is 19.6 Å². The van der Waals surface area contributed by atoms with Crippen LogP contribution in [0, 0.1) is 17.0 Å². The van der Waals surface area contributed by atoms with Crippen molar-refractivity contribution >= 4 is 27.4 Å². The number of nitro benzene ring substituents is 1. The fourth-order valence-corrected chi connectivity index (χ4v) is 4.43. The van der Waals surface area contributed by atoms with Crippen LogP contribution in [-0.4, -0.2) is 39.3 Å². The number of ether oxygens (including phenoxy) is 3. The van der Waals surface area contributed by atoms with Gasteiger partial charge in [0.1, 0.15) is 6.54 Å². The second kappa shape index (κ2) is 7.95. The van der Waals surface area contributed by atoms with Gasteiger partial charge in [0, 0.05) is 18.2 Å². The molecule has 0 aliphatic carbocycles. The number of nitrogens with zero attached hydrogens (tertiary/aromatic N) is 2. The fraction of sp³-hybridized carbons (Fsp3) is 0.278. The van der Waals surface area contributed by atoms with Crippen LogP contribution < -0.4 is 13.8 Å². The van der Waals surface area contributed by atoms with Gasteiger partial charge >= 0.3 is 5.97 Å². The summed E-state index contributed by atoms with van der Waals surface area (Å²) >= 11 is 0. The minimum Gasteiger partial charge on any atom is -0.465 e. The number of anilines is 1. The maximum Gasteiger partial charge on any atom is 0.326 e. The van der Waals surface area contributed by atoms with Gasteiger partial charge in [-0.25, -0.2) is 8.42 Å². The van der Waals surface area contributed by atoms with Crippen LogP contribution in [0.3, 0.4) is 0 Å². The summed E-state index contributed by atoms with van der Waals surface area (Å²) in [6.07, 6.45) is 0. The summed E-state index contributed by atoms with van der Waals surface area (Å²) in [4.78, 5) is 22.3. The van der Waals surface area contributed by atoms with Gasteiger partial charge in [0.25, 0.3) is 15.7 Å². The van der Waals surface area contributed by atoms with Gasteiger partial charge in [-0.05, 0) is 31.5 Å². The number of nitro groups is 1. The van der Waals surface area contributed by atoms with Crippen molar-refractivity contribution in [1.82, 2.24) is 0 Å². The topological polar surface area (TPSA) is 125 Å². The molecule has 2 aromatic rings. The first-order valence-electron chi connectivity index (χ1n) is 8.57. The number of benzene rings is 2. The summed E-state index contributed by atoms with van der Waals surface area (Å²) in [5.74, 6) is -0.00656. The molecule has 0 saturated carbocycles. The lowest BCUT2D eigenvalue weighted by Crippen LogP contribution is -2.37. The zero-order valence-electron chi connectivity index (χ0n) is 15.7. The average molecular weight is 422 g/mol. The van der Waals surface area contributed by atoms with E-state index in [-0.39, 0.29) is 29.7 Å². The van der Waals surface area contributed by atoms with Crippen LogP contribution in [0.2, 0.25) is 0 Å². The molecule has 29 heavy (non-hydrogen) atoms. The lowest BCUT2D eigenvalue weighted by atomic mass is 10.2. The molecule has 0 aromatic heterocycles. The minimum absolute atomic E-state index is 0.00655. The van der Waals surface area contributed by atoms with Gasteiger partial charge in [0.05, 0.1) is 22.1 Å². The molecule has 1 aliphatic heterocycles. The van der Waals surface area contributed by atoms with E-state index in [1.807, 2.05) is 0 Å². The van der Waals surface area contributed by atoms with E-state index in [9.17, 15) is 23.3 Å². The second-order valence-corrected chi connectivity index (χ2v) is 7.89. The number of hydrogen-bond acceptors (Lipinski definition) is 8. The van der Waals surface area contributed by atoms with Gasteiger partial charge in [-0.2, -0.15) is 0 Å². The number of hydrogen-bond donors (Lipinski definition) is 0. The Kier molecular flexibility index (Phi) is 5.59. The number of fused-ring (bicyclic) bond motifs is 1. The van der Waals surface area contributed by atoms with E-state index in [4.69, 9.17) is 14.2 Å². The molecule has 0 fully saturated rings. The molecule has 0 amide bonds. The smallest absolute Gasteiger partial charge is 0.326 e. The van der Waals surface area contributed by atoms with Crippen LogP contribution in [0.1, 0.15) is 12.5 Å². The number of esters is 1. The predicted molar refractivity (Wildman–Crippen MR) is 102 cm³/mol. The van der Waals surface area contributed by atoms with Crippen molar-refractivity contribution < 1.29 is 32.3 Å². The molecule has 0 unspecified atom stereocenters. The third kappa shape index (κ3) is 4.09. The predicted octanol–water partition coefficient (Wildman–Crippen LogP) is 2.39. The maximum absolute atomic E-state index is 13.4. The summed E-state index contributed by atoms with van der Waals surface area (Å²) in [5, 5.41) is 11.1. The number of carbonyl (C=O) groups is 1. The first-order valence-corrected chi connectivity index (χ1v) is 10.0. The Balaban J connectivity index is 2.11. The Morgan fingerprint density at radius 1 is 1.21 bits per heavy atom. The van der Waals surface area contributed by atoms with E-state index in [2.05, 4.69) is 0 Å². The molecule has 11 heteroatoms. The molecular formula is C18H18N2O8S. The molecule has 10 nitrogen and oxygen atoms in total. The van der Waals surface area contributed by atoms with Crippen molar-refractivity contribution in [2.45, 2.75) is 18.7 Å². The lowest BCUT2D eigenvalue weighted by molar-refractivity contribution is -0.385. The first-order chi connectivity index (χ1) is 13.7. The van der Waals surface area contributed by atoms with Crippen molar-refractivity contribution in [2.75, 3.05) is 24.2 Å². The fourth-order valence-electron chi connectivity index (χ4n) is 2.78. The Labute approximate surface area is 166 Å². The molecule has 1 heterocycles. The molecule has 1 aliphatic rings. The summed E-state index contributed by atoms with van der Waals surface area (Å²) in [5.41, 5.74) is 0.0503. The standard InChI is InChI=1S/C18H18N2O8S/c1-3-26-18(21)10-19(13-6-7-15-16(8-13)28-11-27-15)29(24,25)17-9-14(20(22)23)5-4-12(17)2/h4-9H,3,10-11H2,1-2H3. The van der Waals surface area contributed by atoms with Crippen LogP contribution >= 0.6 is 0 Å². The van der Waals surface area contributed by atoms with E-state index in [1.54, 1.807) is 6.92 Å². The third-order valence-electron chi connectivity index (χ3n) is 4.17. The van der Waals surface area contributed by atoms with Gasteiger partial charge in [-0.15, -0.1) is 0 Å². The molecule has 3 rings (SSSR count). The van der Waals surface area contributed by atoms with E-state index >= 15 is 0 Å².